The van der Waals surface area contributed by atoms with Crippen molar-refractivity contribution in [2.24, 2.45) is 4.99 Å². The zero-order chi connectivity index (χ0) is 18.4. The van der Waals surface area contributed by atoms with Crippen LogP contribution in [0.4, 0.5) is 10.2 Å². The number of hydrogen-bond donors (Lipinski definition) is 2. The average molecular weight is 350 g/mol. The van der Waals surface area contributed by atoms with E-state index in [1.165, 1.54) is 6.07 Å². The summed E-state index contributed by atoms with van der Waals surface area (Å²) in [6, 6.07) is 3.30. The third-order valence-electron chi connectivity index (χ3n) is 4.75. The number of anilines is 1. The Morgan fingerprint density at radius 3 is 2.88 bits per heavy atom. The molecule has 0 amide bonds. The molecule has 2 rings (SSSR count). The smallest absolute Gasteiger partial charge is 0.191 e. The van der Waals surface area contributed by atoms with Crippen LogP contribution in [0.2, 0.25) is 0 Å². The van der Waals surface area contributed by atoms with Gasteiger partial charge in [-0.25, -0.2) is 9.37 Å². The number of aliphatic imine (C=N–C) groups is 1. The fraction of sp³-hybridized carbons (Fsp3) is 0.667. The Kier molecular flexibility index (Phi) is 6.58. The molecular formula is C18H31FN6. The fourth-order valence-electron chi connectivity index (χ4n) is 2.61. The number of aromatic nitrogens is 1. The first-order valence-corrected chi connectivity index (χ1v) is 8.91. The minimum atomic E-state index is -0.267. The predicted molar refractivity (Wildman–Crippen MR) is 102 cm³/mol. The molecular weight excluding hydrogens is 319 g/mol. The van der Waals surface area contributed by atoms with E-state index in [9.17, 15) is 4.39 Å². The number of nitrogens with zero attached hydrogens (tertiary/aromatic N) is 4. The van der Waals surface area contributed by atoms with Crippen LogP contribution in [0.5, 0.6) is 0 Å². The quantitative estimate of drug-likeness (QED) is 0.604. The molecule has 6 nitrogen and oxygen atoms in total. The zero-order valence-corrected chi connectivity index (χ0v) is 16.0. The average Bonchev–Trinajstić information content (AvgIpc) is 3.01. The van der Waals surface area contributed by atoms with Crippen molar-refractivity contribution in [3.8, 4) is 0 Å². The van der Waals surface area contributed by atoms with E-state index >= 15 is 0 Å². The maximum Gasteiger partial charge on any atom is 0.191 e. The molecule has 2 N–H and O–H groups in total. The lowest BCUT2D eigenvalue weighted by Gasteiger charge is -2.31. The van der Waals surface area contributed by atoms with Crippen LogP contribution in [0, 0.1) is 5.82 Å². The molecule has 7 heteroatoms. The van der Waals surface area contributed by atoms with Crippen molar-refractivity contribution < 1.29 is 4.39 Å². The van der Waals surface area contributed by atoms with Gasteiger partial charge in [-0.15, -0.1) is 0 Å². The van der Waals surface area contributed by atoms with Crippen molar-refractivity contribution >= 4 is 11.8 Å². The van der Waals surface area contributed by atoms with Gasteiger partial charge in [-0.2, -0.15) is 0 Å². The fourth-order valence-corrected chi connectivity index (χ4v) is 2.61. The van der Waals surface area contributed by atoms with Gasteiger partial charge in [0, 0.05) is 37.4 Å². The summed E-state index contributed by atoms with van der Waals surface area (Å²) in [6.45, 7) is 9.39. The molecule has 0 aromatic carbocycles. The lowest BCUT2D eigenvalue weighted by atomic mass is 10.1. The van der Waals surface area contributed by atoms with Gasteiger partial charge in [-0.3, -0.25) is 4.99 Å². The Labute approximate surface area is 150 Å². The number of guanidine groups is 1. The Balaban J connectivity index is 1.98. The van der Waals surface area contributed by atoms with Crippen LogP contribution < -0.4 is 15.5 Å². The molecule has 2 heterocycles. The second kappa shape index (κ2) is 8.47. The van der Waals surface area contributed by atoms with Crippen LogP contribution in [-0.2, 0) is 0 Å². The molecule has 1 aromatic heterocycles. The van der Waals surface area contributed by atoms with Crippen molar-refractivity contribution in [1.29, 1.82) is 0 Å². The lowest BCUT2D eigenvalue weighted by Crippen LogP contribution is -2.47. The summed E-state index contributed by atoms with van der Waals surface area (Å²) in [4.78, 5) is 13.1. The molecule has 1 saturated heterocycles. The van der Waals surface area contributed by atoms with E-state index < -0.39 is 0 Å². The maximum atomic E-state index is 13.9. The highest BCUT2D eigenvalue weighted by atomic mass is 19.1. The summed E-state index contributed by atoms with van der Waals surface area (Å²) in [5.74, 6) is 0.977. The highest BCUT2D eigenvalue weighted by molar-refractivity contribution is 5.80. The van der Waals surface area contributed by atoms with Gasteiger partial charge < -0.3 is 20.4 Å². The minimum absolute atomic E-state index is 0.0127. The van der Waals surface area contributed by atoms with Crippen molar-refractivity contribution in [3.05, 3.63) is 24.1 Å². The number of halogens is 1. The number of nitrogens with one attached hydrogen (secondary N) is 2. The molecule has 1 atom stereocenters. The van der Waals surface area contributed by atoms with Crippen molar-refractivity contribution in [2.75, 3.05) is 45.2 Å². The van der Waals surface area contributed by atoms with E-state index in [-0.39, 0.29) is 17.4 Å². The van der Waals surface area contributed by atoms with Crippen molar-refractivity contribution in [2.45, 2.75) is 38.8 Å². The molecule has 0 spiro atoms. The van der Waals surface area contributed by atoms with Crippen molar-refractivity contribution in [1.82, 2.24) is 20.5 Å². The first-order valence-electron chi connectivity index (χ1n) is 8.91. The van der Waals surface area contributed by atoms with Gasteiger partial charge in [0.25, 0.3) is 0 Å². The van der Waals surface area contributed by atoms with Gasteiger partial charge >= 0.3 is 0 Å². The van der Waals surface area contributed by atoms with E-state index in [0.29, 0.717) is 12.4 Å². The SMILES string of the molecule is CCNC(=NCC(C)(C)N(C)C)NC1CCN(c2ncccc2F)C1. The van der Waals surface area contributed by atoms with Gasteiger partial charge in [0.2, 0.25) is 0 Å². The molecule has 0 aliphatic carbocycles. The van der Waals surface area contributed by atoms with Crippen LogP contribution in [0.15, 0.2) is 23.3 Å². The number of rotatable bonds is 6. The van der Waals surface area contributed by atoms with Gasteiger partial charge in [-0.1, -0.05) is 0 Å². The number of hydrogen-bond acceptors (Lipinski definition) is 4. The largest absolute Gasteiger partial charge is 0.357 e. The highest BCUT2D eigenvalue weighted by Gasteiger charge is 2.26. The van der Waals surface area contributed by atoms with E-state index in [0.717, 1.165) is 32.0 Å². The van der Waals surface area contributed by atoms with Gasteiger partial charge in [-0.05, 0) is 53.4 Å². The first kappa shape index (κ1) is 19.4. The van der Waals surface area contributed by atoms with E-state index in [4.69, 9.17) is 4.99 Å². The van der Waals surface area contributed by atoms with E-state index in [2.05, 4.69) is 55.4 Å². The second-order valence-corrected chi connectivity index (χ2v) is 7.29. The van der Waals surface area contributed by atoms with Gasteiger partial charge in [0.15, 0.2) is 17.6 Å². The summed E-state index contributed by atoms with van der Waals surface area (Å²) >= 11 is 0. The second-order valence-electron chi connectivity index (χ2n) is 7.29. The Morgan fingerprint density at radius 1 is 1.48 bits per heavy atom. The third-order valence-corrected chi connectivity index (χ3v) is 4.75. The number of pyridine rings is 1. The van der Waals surface area contributed by atoms with Crippen LogP contribution in [0.1, 0.15) is 27.2 Å². The van der Waals surface area contributed by atoms with Crippen molar-refractivity contribution in [3.63, 3.8) is 0 Å². The summed E-state index contributed by atoms with van der Waals surface area (Å²) in [6.07, 6.45) is 2.56. The van der Waals surface area contributed by atoms with E-state index in [1.54, 1.807) is 12.3 Å². The molecule has 1 unspecified atom stereocenters. The maximum absolute atomic E-state index is 13.9. The Morgan fingerprint density at radius 2 is 2.24 bits per heavy atom. The summed E-state index contributed by atoms with van der Waals surface area (Å²) in [7, 11) is 4.12. The lowest BCUT2D eigenvalue weighted by molar-refractivity contribution is 0.204. The van der Waals surface area contributed by atoms with Crippen LogP contribution in [0.25, 0.3) is 0 Å². The normalized spacial score (nSPS) is 18.8. The molecule has 0 bridgehead atoms. The summed E-state index contributed by atoms with van der Waals surface area (Å²) in [5, 5.41) is 6.78. The highest BCUT2D eigenvalue weighted by Crippen LogP contribution is 2.20. The van der Waals surface area contributed by atoms with Gasteiger partial charge in [0.1, 0.15) is 0 Å². The molecule has 1 aliphatic heterocycles. The van der Waals surface area contributed by atoms with Crippen LogP contribution in [-0.4, -0.2) is 67.7 Å². The summed E-state index contributed by atoms with van der Waals surface area (Å²) in [5.41, 5.74) is -0.0127. The standard InChI is InChI=1S/C18H31FN6/c1-6-20-17(22-13-18(2,3)24(4)5)23-14-9-11-25(12-14)16-15(19)8-7-10-21-16/h7-8,10,14H,6,9,11-13H2,1-5H3,(H2,20,22,23). The molecule has 1 aromatic rings. The molecule has 140 valence electrons. The topological polar surface area (TPSA) is 55.8 Å². The zero-order valence-electron chi connectivity index (χ0n) is 16.0. The monoisotopic (exact) mass is 350 g/mol. The predicted octanol–water partition coefficient (Wildman–Crippen LogP) is 1.69. The molecule has 0 saturated carbocycles. The molecule has 1 fully saturated rings. The minimum Gasteiger partial charge on any atom is -0.357 e. The summed E-state index contributed by atoms with van der Waals surface area (Å²) < 4.78 is 13.9. The first-order chi connectivity index (χ1) is 11.8. The van der Waals surface area contributed by atoms with Crippen LogP contribution in [0.3, 0.4) is 0 Å². The molecule has 1 aliphatic rings. The number of likely N-dealkylation sites (N-methyl/N-ethyl adjacent to an activating group) is 1. The molecule has 25 heavy (non-hydrogen) atoms. The van der Waals surface area contributed by atoms with Crippen LogP contribution >= 0.6 is 0 Å². The third kappa shape index (κ3) is 5.29. The van der Waals surface area contributed by atoms with E-state index in [1.807, 2.05) is 4.90 Å². The Hall–Kier alpha value is -1.89. The molecule has 0 radical (unpaired) electrons. The van der Waals surface area contributed by atoms with Gasteiger partial charge in [0.05, 0.1) is 6.54 Å². The Bertz CT molecular complexity index is 587.